The van der Waals surface area contributed by atoms with Crippen LogP contribution < -0.4 is 5.32 Å². The maximum Gasteiger partial charge on any atom is 0.150 e. The van der Waals surface area contributed by atoms with Crippen molar-refractivity contribution < 1.29 is 0 Å². The molecule has 0 saturated carbocycles. The van der Waals surface area contributed by atoms with Crippen molar-refractivity contribution in [2.45, 2.75) is 40.5 Å². The SMILES string of the molecule is CCc1[nH]nc(NCC(C)CC)c1C. The molecule has 1 unspecified atom stereocenters. The lowest BCUT2D eigenvalue weighted by molar-refractivity contribution is 0.592. The number of H-pyrrole nitrogens is 1. The maximum atomic E-state index is 4.26. The molecule has 1 aromatic heterocycles. The van der Waals surface area contributed by atoms with Crippen molar-refractivity contribution >= 4 is 5.82 Å². The zero-order valence-electron chi connectivity index (χ0n) is 9.65. The summed E-state index contributed by atoms with van der Waals surface area (Å²) in [5, 5.41) is 10.7. The zero-order valence-corrected chi connectivity index (χ0v) is 9.65. The summed E-state index contributed by atoms with van der Waals surface area (Å²) in [6, 6.07) is 0. The number of anilines is 1. The first-order valence-corrected chi connectivity index (χ1v) is 5.46. The maximum absolute atomic E-state index is 4.26. The van der Waals surface area contributed by atoms with E-state index in [1.165, 1.54) is 17.7 Å². The second kappa shape index (κ2) is 5.03. The van der Waals surface area contributed by atoms with Crippen LogP contribution in [0.1, 0.15) is 38.4 Å². The van der Waals surface area contributed by atoms with Crippen LogP contribution in [0.15, 0.2) is 0 Å². The van der Waals surface area contributed by atoms with E-state index in [4.69, 9.17) is 0 Å². The van der Waals surface area contributed by atoms with Crippen molar-refractivity contribution in [3.05, 3.63) is 11.3 Å². The Kier molecular flexibility index (Phi) is 3.98. The molecule has 1 aromatic rings. The van der Waals surface area contributed by atoms with Crippen molar-refractivity contribution in [2.24, 2.45) is 5.92 Å². The molecule has 0 aliphatic heterocycles. The van der Waals surface area contributed by atoms with Crippen LogP contribution in [0.4, 0.5) is 5.82 Å². The second-order valence-corrected chi connectivity index (χ2v) is 3.92. The van der Waals surface area contributed by atoms with Crippen LogP contribution >= 0.6 is 0 Å². The summed E-state index contributed by atoms with van der Waals surface area (Å²) in [6.45, 7) is 9.71. The molecule has 1 rings (SSSR count). The van der Waals surface area contributed by atoms with Gasteiger partial charge in [0.1, 0.15) is 0 Å². The third-order valence-electron chi connectivity index (χ3n) is 2.78. The van der Waals surface area contributed by atoms with Crippen LogP contribution in [-0.4, -0.2) is 16.7 Å². The van der Waals surface area contributed by atoms with Crippen LogP contribution in [0.2, 0.25) is 0 Å². The lowest BCUT2D eigenvalue weighted by Crippen LogP contribution is -2.11. The predicted octanol–water partition coefficient (Wildman–Crippen LogP) is 2.74. The minimum absolute atomic E-state index is 0.705. The third-order valence-corrected chi connectivity index (χ3v) is 2.78. The summed E-state index contributed by atoms with van der Waals surface area (Å²) in [4.78, 5) is 0. The molecule has 3 nitrogen and oxygen atoms in total. The van der Waals surface area contributed by atoms with E-state index in [-0.39, 0.29) is 0 Å². The Morgan fingerprint density at radius 1 is 1.43 bits per heavy atom. The molecule has 0 aliphatic rings. The minimum atomic E-state index is 0.705. The van der Waals surface area contributed by atoms with E-state index < -0.39 is 0 Å². The first-order chi connectivity index (χ1) is 6.69. The molecule has 3 heteroatoms. The molecule has 0 aromatic carbocycles. The van der Waals surface area contributed by atoms with Gasteiger partial charge in [0, 0.05) is 17.8 Å². The molecule has 0 bridgehead atoms. The topological polar surface area (TPSA) is 40.7 Å². The van der Waals surface area contributed by atoms with Gasteiger partial charge < -0.3 is 5.32 Å². The van der Waals surface area contributed by atoms with E-state index in [0.29, 0.717) is 5.92 Å². The van der Waals surface area contributed by atoms with E-state index in [9.17, 15) is 0 Å². The second-order valence-electron chi connectivity index (χ2n) is 3.92. The highest BCUT2D eigenvalue weighted by Crippen LogP contribution is 2.15. The number of nitrogens with one attached hydrogen (secondary N) is 2. The quantitative estimate of drug-likeness (QED) is 0.758. The van der Waals surface area contributed by atoms with Gasteiger partial charge in [0.2, 0.25) is 0 Å². The van der Waals surface area contributed by atoms with E-state index in [2.05, 4.69) is 43.2 Å². The molecule has 0 fully saturated rings. The average molecular weight is 195 g/mol. The van der Waals surface area contributed by atoms with Crippen molar-refractivity contribution in [3.63, 3.8) is 0 Å². The highest BCUT2D eigenvalue weighted by Gasteiger charge is 2.07. The number of rotatable bonds is 5. The monoisotopic (exact) mass is 195 g/mol. The summed E-state index contributed by atoms with van der Waals surface area (Å²) in [5.74, 6) is 1.72. The van der Waals surface area contributed by atoms with Crippen LogP contribution in [-0.2, 0) is 6.42 Å². The van der Waals surface area contributed by atoms with Gasteiger partial charge in [0.05, 0.1) is 0 Å². The molecule has 0 saturated heterocycles. The zero-order chi connectivity index (χ0) is 10.6. The Balaban J connectivity index is 2.54. The number of aryl methyl sites for hydroxylation is 1. The number of aromatic nitrogens is 2. The Hall–Kier alpha value is -0.990. The van der Waals surface area contributed by atoms with Gasteiger partial charge in [-0.05, 0) is 19.3 Å². The van der Waals surface area contributed by atoms with Crippen LogP contribution in [0.3, 0.4) is 0 Å². The largest absolute Gasteiger partial charge is 0.368 e. The minimum Gasteiger partial charge on any atom is -0.368 e. The van der Waals surface area contributed by atoms with Gasteiger partial charge in [-0.25, -0.2) is 0 Å². The molecule has 2 N–H and O–H groups in total. The molecule has 0 aliphatic carbocycles. The van der Waals surface area contributed by atoms with Crippen LogP contribution in [0.25, 0.3) is 0 Å². The molecular weight excluding hydrogens is 174 g/mol. The fraction of sp³-hybridized carbons (Fsp3) is 0.727. The van der Waals surface area contributed by atoms with Crippen molar-refractivity contribution in [2.75, 3.05) is 11.9 Å². The standard InChI is InChI=1S/C11H21N3/c1-5-8(3)7-12-11-9(4)10(6-2)13-14-11/h8H,5-7H2,1-4H3,(H2,12,13,14). The lowest BCUT2D eigenvalue weighted by atomic mass is 10.1. The number of aromatic amines is 1. The molecule has 1 atom stereocenters. The third kappa shape index (κ3) is 2.50. The highest BCUT2D eigenvalue weighted by atomic mass is 15.2. The summed E-state index contributed by atoms with van der Waals surface area (Å²) >= 11 is 0. The summed E-state index contributed by atoms with van der Waals surface area (Å²) in [6.07, 6.45) is 2.22. The molecule has 14 heavy (non-hydrogen) atoms. The van der Waals surface area contributed by atoms with Gasteiger partial charge >= 0.3 is 0 Å². The molecule has 80 valence electrons. The average Bonchev–Trinajstić information content (AvgIpc) is 2.56. The van der Waals surface area contributed by atoms with Crippen LogP contribution in [0.5, 0.6) is 0 Å². The molecule has 0 radical (unpaired) electrons. The summed E-state index contributed by atoms with van der Waals surface area (Å²) in [5.41, 5.74) is 2.49. The highest BCUT2D eigenvalue weighted by molar-refractivity contribution is 5.45. The van der Waals surface area contributed by atoms with E-state index in [1.807, 2.05) is 0 Å². The Bertz CT molecular complexity index is 278. The van der Waals surface area contributed by atoms with Crippen LogP contribution in [0, 0.1) is 12.8 Å². The Morgan fingerprint density at radius 2 is 2.14 bits per heavy atom. The fourth-order valence-electron chi connectivity index (χ4n) is 1.37. The molecule has 0 amide bonds. The first kappa shape index (κ1) is 11.1. The molecule has 0 spiro atoms. The van der Waals surface area contributed by atoms with E-state index in [1.54, 1.807) is 0 Å². The normalized spacial score (nSPS) is 12.9. The van der Waals surface area contributed by atoms with Crippen molar-refractivity contribution in [3.8, 4) is 0 Å². The van der Waals surface area contributed by atoms with Gasteiger partial charge in [-0.3, -0.25) is 5.10 Å². The number of nitrogens with zero attached hydrogens (tertiary/aromatic N) is 1. The molecular formula is C11H21N3. The van der Waals surface area contributed by atoms with Crippen molar-refractivity contribution in [1.29, 1.82) is 0 Å². The Morgan fingerprint density at radius 3 is 2.64 bits per heavy atom. The number of hydrogen-bond acceptors (Lipinski definition) is 2. The van der Waals surface area contributed by atoms with Gasteiger partial charge in [-0.1, -0.05) is 27.2 Å². The van der Waals surface area contributed by atoms with E-state index >= 15 is 0 Å². The molecule has 1 heterocycles. The van der Waals surface area contributed by atoms with Gasteiger partial charge in [0.25, 0.3) is 0 Å². The fourth-order valence-corrected chi connectivity index (χ4v) is 1.37. The first-order valence-electron chi connectivity index (χ1n) is 5.46. The lowest BCUT2D eigenvalue weighted by Gasteiger charge is -2.09. The van der Waals surface area contributed by atoms with Gasteiger partial charge in [-0.2, -0.15) is 5.10 Å². The summed E-state index contributed by atoms with van der Waals surface area (Å²) in [7, 11) is 0. The number of hydrogen-bond donors (Lipinski definition) is 2. The predicted molar refractivity (Wildman–Crippen MR) is 60.6 cm³/mol. The Labute approximate surface area is 86.3 Å². The van der Waals surface area contributed by atoms with E-state index in [0.717, 1.165) is 18.8 Å². The van der Waals surface area contributed by atoms with Gasteiger partial charge in [-0.15, -0.1) is 0 Å². The van der Waals surface area contributed by atoms with Gasteiger partial charge in [0.15, 0.2) is 5.82 Å². The smallest absolute Gasteiger partial charge is 0.150 e. The summed E-state index contributed by atoms with van der Waals surface area (Å²) < 4.78 is 0. The van der Waals surface area contributed by atoms with Crippen molar-refractivity contribution in [1.82, 2.24) is 10.2 Å².